The number of amides is 3. The van der Waals surface area contributed by atoms with E-state index in [1.807, 2.05) is 0 Å². The van der Waals surface area contributed by atoms with E-state index in [2.05, 4.69) is 21.3 Å². The standard InChI is InChI=1S/C21H23ClN4O6/c1-23-11-18(28)24-10-17(21(31)32)26-20(30)15-6-5-13(8-16(15)22)19(29)25-9-12-3-2-4-14(27)7-12/h2-8,17,23,27H,9-11H2,1H3,(H,24,28)(H,25,29)(H,26,30)(H,31,32)/t17-/m0/s1. The zero-order valence-electron chi connectivity index (χ0n) is 17.1. The summed E-state index contributed by atoms with van der Waals surface area (Å²) in [6, 6.07) is 9.02. The summed E-state index contributed by atoms with van der Waals surface area (Å²) in [7, 11) is 1.56. The number of aromatic hydroxyl groups is 1. The molecule has 0 unspecified atom stereocenters. The van der Waals surface area contributed by atoms with Crippen LogP contribution in [0.3, 0.4) is 0 Å². The van der Waals surface area contributed by atoms with Crippen LogP contribution in [-0.4, -0.2) is 60.1 Å². The van der Waals surface area contributed by atoms with Gasteiger partial charge in [-0.25, -0.2) is 4.79 Å². The third-order valence-corrected chi connectivity index (χ3v) is 4.60. The SMILES string of the molecule is CNCC(=O)NC[C@H](NC(=O)c1ccc(C(=O)NCc2cccc(O)c2)cc1Cl)C(=O)O. The van der Waals surface area contributed by atoms with Gasteiger partial charge in [-0.1, -0.05) is 23.7 Å². The van der Waals surface area contributed by atoms with Crippen molar-refractivity contribution < 1.29 is 29.4 Å². The van der Waals surface area contributed by atoms with Crippen LogP contribution in [0.1, 0.15) is 26.3 Å². The smallest absolute Gasteiger partial charge is 0.328 e. The number of nitrogens with one attached hydrogen (secondary N) is 4. The second-order valence-corrected chi connectivity index (χ2v) is 7.15. The fourth-order valence-corrected chi connectivity index (χ4v) is 2.93. The van der Waals surface area contributed by atoms with E-state index in [0.29, 0.717) is 5.56 Å². The van der Waals surface area contributed by atoms with E-state index in [1.54, 1.807) is 19.2 Å². The highest BCUT2D eigenvalue weighted by Gasteiger charge is 2.23. The number of hydrogen-bond donors (Lipinski definition) is 6. The Balaban J connectivity index is 2.01. The Labute approximate surface area is 189 Å². The van der Waals surface area contributed by atoms with Crippen LogP contribution in [0, 0.1) is 0 Å². The lowest BCUT2D eigenvalue weighted by molar-refractivity contribution is -0.139. The summed E-state index contributed by atoms with van der Waals surface area (Å²) in [4.78, 5) is 47.7. The second kappa shape index (κ2) is 11.7. The number of halogens is 1. The predicted molar refractivity (Wildman–Crippen MR) is 117 cm³/mol. The highest BCUT2D eigenvalue weighted by atomic mass is 35.5. The van der Waals surface area contributed by atoms with E-state index >= 15 is 0 Å². The van der Waals surface area contributed by atoms with Crippen LogP contribution < -0.4 is 21.3 Å². The van der Waals surface area contributed by atoms with Gasteiger partial charge in [-0.15, -0.1) is 0 Å². The molecule has 0 spiro atoms. The lowest BCUT2D eigenvalue weighted by Crippen LogP contribution is -2.49. The van der Waals surface area contributed by atoms with Crippen molar-refractivity contribution in [3.63, 3.8) is 0 Å². The molecule has 0 aromatic heterocycles. The first-order valence-corrected chi connectivity index (χ1v) is 9.89. The van der Waals surface area contributed by atoms with Crippen LogP contribution in [-0.2, 0) is 16.1 Å². The van der Waals surface area contributed by atoms with Gasteiger partial charge in [0.25, 0.3) is 11.8 Å². The van der Waals surface area contributed by atoms with E-state index in [9.17, 15) is 29.4 Å². The first kappa shape index (κ1) is 24.6. The second-order valence-electron chi connectivity index (χ2n) is 6.75. The molecule has 1 atom stereocenters. The number of carbonyl (C=O) groups is 4. The number of hydrogen-bond acceptors (Lipinski definition) is 6. The number of carboxylic acids is 1. The number of carbonyl (C=O) groups excluding carboxylic acids is 3. The van der Waals surface area contributed by atoms with Gasteiger partial charge >= 0.3 is 5.97 Å². The van der Waals surface area contributed by atoms with Gasteiger partial charge in [0, 0.05) is 18.7 Å². The van der Waals surface area contributed by atoms with Gasteiger partial charge in [0.05, 0.1) is 17.1 Å². The van der Waals surface area contributed by atoms with Gasteiger partial charge in [0.1, 0.15) is 11.8 Å². The molecule has 0 radical (unpaired) electrons. The molecule has 6 N–H and O–H groups in total. The summed E-state index contributed by atoms with van der Waals surface area (Å²) >= 11 is 6.14. The van der Waals surface area contributed by atoms with Crippen molar-refractivity contribution in [2.24, 2.45) is 0 Å². The lowest BCUT2D eigenvalue weighted by Gasteiger charge is -2.16. The Morgan fingerprint density at radius 3 is 2.41 bits per heavy atom. The predicted octanol–water partition coefficient (Wildman–Crippen LogP) is 0.494. The van der Waals surface area contributed by atoms with E-state index in [1.165, 1.54) is 30.3 Å². The molecule has 0 fully saturated rings. The van der Waals surface area contributed by atoms with Crippen molar-refractivity contribution in [1.82, 2.24) is 21.3 Å². The average molecular weight is 463 g/mol. The molecule has 2 rings (SSSR count). The van der Waals surface area contributed by atoms with Crippen molar-refractivity contribution in [2.45, 2.75) is 12.6 Å². The molecule has 0 heterocycles. The largest absolute Gasteiger partial charge is 0.508 e. The van der Waals surface area contributed by atoms with E-state index in [-0.39, 0.29) is 41.5 Å². The minimum Gasteiger partial charge on any atom is -0.508 e. The molecule has 0 bridgehead atoms. The highest BCUT2D eigenvalue weighted by Crippen LogP contribution is 2.18. The maximum atomic E-state index is 12.5. The van der Waals surface area contributed by atoms with E-state index in [0.717, 1.165) is 0 Å². The molecule has 0 aliphatic carbocycles. The normalized spacial score (nSPS) is 11.3. The molecular weight excluding hydrogens is 440 g/mol. The highest BCUT2D eigenvalue weighted by molar-refractivity contribution is 6.34. The third kappa shape index (κ3) is 7.25. The van der Waals surface area contributed by atoms with Crippen LogP contribution in [0.5, 0.6) is 5.75 Å². The summed E-state index contributed by atoms with van der Waals surface area (Å²) in [5, 5.41) is 28.7. The number of aliphatic carboxylic acids is 1. The number of likely N-dealkylation sites (N-methyl/N-ethyl adjacent to an activating group) is 1. The Bertz CT molecular complexity index is 1010. The zero-order chi connectivity index (χ0) is 23.7. The number of phenolic OH excluding ortho intramolecular Hbond substituents is 1. The minimum absolute atomic E-state index is 0.00107. The topological polar surface area (TPSA) is 157 Å². The van der Waals surface area contributed by atoms with Gasteiger partial charge in [-0.2, -0.15) is 0 Å². The van der Waals surface area contributed by atoms with Crippen LogP contribution in [0.2, 0.25) is 5.02 Å². The number of phenols is 1. The Morgan fingerprint density at radius 1 is 1.03 bits per heavy atom. The van der Waals surface area contributed by atoms with E-state index < -0.39 is 29.7 Å². The first-order valence-electron chi connectivity index (χ1n) is 9.52. The Morgan fingerprint density at radius 2 is 1.78 bits per heavy atom. The molecule has 2 aromatic carbocycles. The fraction of sp³-hybridized carbons (Fsp3) is 0.238. The van der Waals surface area contributed by atoms with Crippen LogP contribution in [0.15, 0.2) is 42.5 Å². The van der Waals surface area contributed by atoms with Crippen molar-refractivity contribution in [1.29, 1.82) is 0 Å². The minimum atomic E-state index is -1.37. The zero-order valence-corrected chi connectivity index (χ0v) is 17.9. The first-order chi connectivity index (χ1) is 15.2. The van der Waals surface area contributed by atoms with Crippen LogP contribution >= 0.6 is 11.6 Å². The van der Waals surface area contributed by atoms with Gasteiger partial charge in [-0.3, -0.25) is 14.4 Å². The molecular formula is C21H23ClN4O6. The average Bonchev–Trinajstić information content (AvgIpc) is 2.74. The molecule has 10 nitrogen and oxygen atoms in total. The molecule has 0 aliphatic heterocycles. The van der Waals surface area contributed by atoms with Gasteiger partial charge in [-0.05, 0) is 42.9 Å². The summed E-state index contributed by atoms with van der Waals surface area (Å²) < 4.78 is 0. The molecule has 0 saturated carbocycles. The maximum Gasteiger partial charge on any atom is 0.328 e. The molecule has 0 saturated heterocycles. The molecule has 11 heteroatoms. The molecule has 3 amide bonds. The van der Waals surface area contributed by atoms with Gasteiger partial charge in [0.2, 0.25) is 5.91 Å². The van der Waals surface area contributed by atoms with E-state index in [4.69, 9.17) is 11.6 Å². The van der Waals surface area contributed by atoms with Gasteiger partial charge < -0.3 is 31.5 Å². The molecule has 0 aliphatic rings. The van der Waals surface area contributed by atoms with Crippen molar-refractivity contribution in [3.05, 3.63) is 64.2 Å². The van der Waals surface area contributed by atoms with Crippen molar-refractivity contribution >= 4 is 35.3 Å². The third-order valence-electron chi connectivity index (χ3n) is 4.28. The molecule has 2 aromatic rings. The Hall–Kier alpha value is -3.63. The van der Waals surface area contributed by atoms with Gasteiger partial charge in [0.15, 0.2) is 0 Å². The molecule has 170 valence electrons. The Kier molecular flexibility index (Phi) is 8.99. The quantitative estimate of drug-likeness (QED) is 0.300. The van der Waals surface area contributed by atoms with Crippen LogP contribution in [0.4, 0.5) is 0 Å². The van der Waals surface area contributed by atoms with Crippen molar-refractivity contribution in [3.8, 4) is 5.75 Å². The summed E-state index contributed by atoms with van der Waals surface area (Å²) in [5.74, 6) is -2.89. The number of benzene rings is 2. The summed E-state index contributed by atoms with van der Waals surface area (Å²) in [5.41, 5.74) is 0.867. The van der Waals surface area contributed by atoms with Crippen molar-refractivity contribution in [2.75, 3.05) is 20.1 Å². The summed E-state index contributed by atoms with van der Waals surface area (Å²) in [6.07, 6.45) is 0. The number of rotatable bonds is 10. The summed E-state index contributed by atoms with van der Waals surface area (Å²) in [6.45, 7) is -0.136. The monoisotopic (exact) mass is 462 g/mol. The molecule has 32 heavy (non-hydrogen) atoms. The fourth-order valence-electron chi connectivity index (χ4n) is 2.67. The lowest BCUT2D eigenvalue weighted by atomic mass is 10.1. The number of carboxylic acid groups (broad SMARTS) is 1. The van der Waals surface area contributed by atoms with Crippen LogP contribution in [0.25, 0.3) is 0 Å². The maximum absolute atomic E-state index is 12.5.